The number of nitrogens with one attached hydrogen (secondary N) is 1. The van der Waals surface area contributed by atoms with Crippen LogP contribution in [0.15, 0.2) is 48.7 Å². The molecule has 144 valence electrons. The maximum Gasteiger partial charge on any atom is 0.341 e. The second-order valence-corrected chi connectivity index (χ2v) is 6.67. The number of rotatable bonds is 5. The fourth-order valence-corrected chi connectivity index (χ4v) is 3.02. The lowest BCUT2D eigenvalue weighted by Crippen LogP contribution is -2.13. The topological polar surface area (TPSA) is 73.2 Å². The summed E-state index contributed by atoms with van der Waals surface area (Å²) in [6.45, 7) is 5.74. The Morgan fingerprint density at radius 2 is 1.86 bits per heavy atom. The van der Waals surface area contributed by atoms with Gasteiger partial charge in [-0.25, -0.2) is 9.48 Å². The van der Waals surface area contributed by atoms with Crippen LogP contribution in [0.25, 0.3) is 5.69 Å². The van der Waals surface area contributed by atoms with Crippen molar-refractivity contribution < 1.29 is 14.3 Å². The molecule has 0 aliphatic carbocycles. The number of aromatic nitrogens is 2. The van der Waals surface area contributed by atoms with E-state index in [4.69, 9.17) is 16.3 Å². The quantitative estimate of drug-likeness (QED) is 0.640. The van der Waals surface area contributed by atoms with E-state index >= 15 is 0 Å². The van der Waals surface area contributed by atoms with Gasteiger partial charge in [-0.05, 0) is 68.8 Å². The lowest BCUT2D eigenvalue weighted by molar-refractivity contribution is 0.0525. The summed E-state index contributed by atoms with van der Waals surface area (Å²) >= 11 is 5.95. The second kappa shape index (κ2) is 8.27. The first-order valence-corrected chi connectivity index (χ1v) is 9.18. The van der Waals surface area contributed by atoms with Gasteiger partial charge in [0.1, 0.15) is 5.56 Å². The summed E-state index contributed by atoms with van der Waals surface area (Å²) in [5.74, 6) is -0.623. The fourth-order valence-electron chi connectivity index (χ4n) is 2.79. The molecule has 3 aromatic rings. The van der Waals surface area contributed by atoms with Crippen molar-refractivity contribution in [3.8, 4) is 5.69 Å². The molecule has 1 amide bonds. The minimum atomic E-state index is -0.402. The molecule has 0 bridgehead atoms. The molecule has 7 heteroatoms. The summed E-state index contributed by atoms with van der Waals surface area (Å²) in [5.41, 5.74) is 3.94. The van der Waals surface area contributed by atoms with Crippen LogP contribution < -0.4 is 5.32 Å². The van der Waals surface area contributed by atoms with Gasteiger partial charge in [-0.3, -0.25) is 4.79 Å². The van der Waals surface area contributed by atoms with Gasteiger partial charge in [0.2, 0.25) is 0 Å². The lowest BCUT2D eigenvalue weighted by atomic mass is 10.1. The number of benzene rings is 2. The normalized spacial score (nSPS) is 10.6. The number of carbonyl (C=O) groups is 2. The van der Waals surface area contributed by atoms with E-state index in [1.54, 1.807) is 61.0 Å². The van der Waals surface area contributed by atoms with Crippen LogP contribution in [0.5, 0.6) is 0 Å². The molecule has 0 saturated carbocycles. The van der Waals surface area contributed by atoms with E-state index in [1.165, 1.54) is 6.20 Å². The summed E-state index contributed by atoms with van der Waals surface area (Å²) in [6.07, 6.45) is 1.48. The summed E-state index contributed by atoms with van der Waals surface area (Å²) in [7, 11) is 0. The van der Waals surface area contributed by atoms with Gasteiger partial charge in [-0.15, -0.1) is 0 Å². The van der Waals surface area contributed by atoms with Crippen LogP contribution in [-0.2, 0) is 4.74 Å². The third kappa shape index (κ3) is 4.07. The highest BCUT2D eigenvalue weighted by molar-refractivity contribution is 6.30. The molecule has 6 nitrogen and oxygen atoms in total. The Balaban J connectivity index is 1.78. The zero-order chi connectivity index (χ0) is 20.3. The molecule has 1 heterocycles. The first kappa shape index (κ1) is 19.6. The van der Waals surface area contributed by atoms with Crippen LogP contribution in [0.2, 0.25) is 5.02 Å². The van der Waals surface area contributed by atoms with E-state index in [1.807, 2.05) is 6.92 Å². The monoisotopic (exact) mass is 397 g/mol. The SMILES string of the molecule is CCOC(=O)c1cnn(-c2ccc(C(=O)Nc3ccc(Cl)cc3C)cc2)c1C. The van der Waals surface area contributed by atoms with Gasteiger partial charge >= 0.3 is 5.97 Å². The highest BCUT2D eigenvalue weighted by Gasteiger charge is 2.16. The summed E-state index contributed by atoms with van der Waals surface area (Å²) in [4.78, 5) is 24.4. The first-order chi connectivity index (χ1) is 13.4. The van der Waals surface area contributed by atoms with Crippen molar-refractivity contribution in [2.75, 3.05) is 11.9 Å². The Hall–Kier alpha value is -3.12. The van der Waals surface area contributed by atoms with Crippen molar-refractivity contribution in [3.63, 3.8) is 0 Å². The molecule has 1 aromatic heterocycles. The van der Waals surface area contributed by atoms with Gasteiger partial charge < -0.3 is 10.1 Å². The molecule has 2 aromatic carbocycles. The number of hydrogen-bond donors (Lipinski definition) is 1. The van der Waals surface area contributed by atoms with Gasteiger partial charge in [0, 0.05) is 16.3 Å². The average Bonchev–Trinajstić information content (AvgIpc) is 3.06. The molecule has 0 radical (unpaired) electrons. The predicted octanol–water partition coefficient (Wildman–Crippen LogP) is 4.57. The highest BCUT2D eigenvalue weighted by Crippen LogP contribution is 2.21. The fraction of sp³-hybridized carbons (Fsp3) is 0.190. The molecular formula is C21H20ClN3O3. The molecule has 0 atom stereocenters. The van der Waals surface area contributed by atoms with E-state index in [0.29, 0.717) is 34.1 Å². The van der Waals surface area contributed by atoms with E-state index in [-0.39, 0.29) is 5.91 Å². The summed E-state index contributed by atoms with van der Waals surface area (Å²) < 4.78 is 6.66. The van der Waals surface area contributed by atoms with Gasteiger partial charge in [-0.2, -0.15) is 5.10 Å². The third-order valence-corrected chi connectivity index (χ3v) is 4.55. The summed E-state index contributed by atoms with van der Waals surface area (Å²) in [6, 6.07) is 12.3. The van der Waals surface area contributed by atoms with Crippen molar-refractivity contribution in [2.45, 2.75) is 20.8 Å². The van der Waals surface area contributed by atoms with Gasteiger partial charge in [0.25, 0.3) is 5.91 Å². The molecular weight excluding hydrogens is 378 g/mol. The van der Waals surface area contributed by atoms with Crippen molar-refractivity contribution in [1.82, 2.24) is 9.78 Å². The van der Waals surface area contributed by atoms with Crippen molar-refractivity contribution >= 4 is 29.2 Å². The van der Waals surface area contributed by atoms with Gasteiger partial charge in [-0.1, -0.05) is 11.6 Å². The summed E-state index contributed by atoms with van der Waals surface area (Å²) in [5, 5.41) is 7.75. The maximum absolute atomic E-state index is 12.5. The Labute approximate surface area is 168 Å². The van der Waals surface area contributed by atoms with Gasteiger partial charge in [0.15, 0.2) is 0 Å². The van der Waals surface area contributed by atoms with E-state index < -0.39 is 5.97 Å². The number of esters is 1. The van der Waals surface area contributed by atoms with Crippen molar-refractivity contribution in [3.05, 3.63) is 76.1 Å². The molecule has 28 heavy (non-hydrogen) atoms. The van der Waals surface area contributed by atoms with Crippen LogP contribution >= 0.6 is 11.6 Å². The van der Waals surface area contributed by atoms with Crippen molar-refractivity contribution in [1.29, 1.82) is 0 Å². The average molecular weight is 398 g/mol. The van der Waals surface area contributed by atoms with E-state index in [2.05, 4.69) is 10.4 Å². The molecule has 0 spiro atoms. The maximum atomic E-state index is 12.5. The third-order valence-electron chi connectivity index (χ3n) is 4.32. The Morgan fingerprint density at radius 1 is 1.14 bits per heavy atom. The van der Waals surface area contributed by atoms with Crippen molar-refractivity contribution in [2.24, 2.45) is 0 Å². The standard InChI is InChI=1S/C21H20ClN3O3/c1-4-28-21(27)18-12-23-25(14(18)3)17-8-5-15(6-9-17)20(26)24-19-10-7-16(22)11-13(19)2/h5-12H,4H2,1-3H3,(H,24,26). The first-order valence-electron chi connectivity index (χ1n) is 8.80. The molecule has 0 unspecified atom stereocenters. The van der Waals surface area contributed by atoms with Gasteiger partial charge in [0.05, 0.1) is 24.2 Å². The largest absolute Gasteiger partial charge is 0.462 e. The highest BCUT2D eigenvalue weighted by atomic mass is 35.5. The van der Waals surface area contributed by atoms with Crippen LogP contribution in [-0.4, -0.2) is 28.3 Å². The molecule has 0 fully saturated rings. The minimum absolute atomic E-state index is 0.221. The smallest absolute Gasteiger partial charge is 0.341 e. The van der Waals surface area contributed by atoms with Crippen LogP contribution in [0.3, 0.4) is 0 Å². The number of aryl methyl sites for hydroxylation is 1. The number of nitrogens with zero attached hydrogens (tertiary/aromatic N) is 2. The zero-order valence-corrected chi connectivity index (χ0v) is 16.6. The second-order valence-electron chi connectivity index (χ2n) is 6.24. The Kier molecular flexibility index (Phi) is 5.80. The molecule has 1 N–H and O–H groups in total. The number of halogens is 1. The van der Waals surface area contributed by atoms with Crippen LogP contribution in [0, 0.1) is 13.8 Å². The molecule has 0 saturated heterocycles. The number of hydrogen-bond acceptors (Lipinski definition) is 4. The number of anilines is 1. The Morgan fingerprint density at radius 3 is 2.50 bits per heavy atom. The van der Waals surface area contributed by atoms with Crippen LogP contribution in [0.4, 0.5) is 5.69 Å². The van der Waals surface area contributed by atoms with E-state index in [9.17, 15) is 9.59 Å². The molecule has 3 rings (SSSR count). The molecule has 0 aliphatic rings. The lowest BCUT2D eigenvalue weighted by Gasteiger charge is -2.10. The number of carbonyl (C=O) groups excluding carboxylic acids is 2. The zero-order valence-electron chi connectivity index (χ0n) is 15.8. The molecule has 0 aliphatic heterocycles. The van der Waals surface area contributed by atoms with E-state index in [0.717, 1.165) is 11.3 Å². The minimum Gasteiger partial charge on any atom is -0.462 e. The number of ether oxygens (including phenoxy) is 1. The number of amides is 1. The predicted molar refractivity (Wildman–Crippen MR) is 108 cm³/mol. The van der Waals surface area contributed by atoms with Crippen LogP contribution in [0.1, 0.15) is 38.9 Å². The Bertz CT molecular complexity index is 1030.